The van der Waals surface area contributed by atoms with Crippen LogP contribution in [0.2, 0.25) is 0 Å². The van der Waals surface area contributed by atoms with Crippen molar-refractivity contribution >= 4 is 17.6 Å². The Bertz CT molecular complexity index is 992. The van der Waals surface area contributed by atoms with Crippen molar-refractivity contribution in [3.05, 3.63) is 29.3 Å². The first-order chi connectivity index (χ1) is 19.7. The number of hydrogen-bond donors (Lipinski definition) is 2. The number of aryl methyl sites for hydroxylation is 1. The molecule has 9 heteroatoms. The Morgan fingerprint density at radius 3 is 2.51 bits per heavy atom. The molecule has 0 unspecified atom stereocenters. The lowest BCUT2D eigenvalue weighted by molar-refractivity contribution is -0.130. The highest BCUT2D eigenvalue weighted by Gasteiger charge is 2.32. The third-order valence-electron chi connectivity index (χ3n) is 8.55. The summed E-state index contributed by atoms with van der Waals surface area (Å²) in [6.45, 7) is 14.1. The van der Waals surface area contributed by atoms with E-state index in [1.807, 2.05) is 28.0 Å². The average molecular weight is 573 g/mol. The molecule has 2 N–H and O–H groups in total. The molecule has 2 saturated heterocycles. The van der Waals surface area contributed by atoms with Gasteiger partial charge in [0, 0.05) is 71.3 Å². The topological polar surface area (TPSA) is 100 Å². The average Bonchev–Trinajstić information content (AvgIpc) is 3.40. The maximum Gasteiger partial charge on any atom is 0.254 e. The van der Waals surface area contributed by atoms with Crippen molar-refractivity contribution in [1.29, 1.82) is 0 Å². The Morgan fingerprint density at radius 2 is 1.85 bits per heavy atom. The number of benzene rings is 1. The molecule has 3 rings (SSSR count). The lowest BCUT2D eigenvalue weighted by Crippen LogP contribution is -2.43. The molecule has 2 atom stereocenters. The van der Waals surface area contributed by atoms with Crippen molar-refractivity contribution < 1.29 is 23.9 Å². The molecule has 230 valence electrons. The summed E-state index contributed by atoms with van der Waals surface area (Å²) in [5.74, 6) is 2.18. The fourth-order valence-electron chi connectivity index (χ4n) is 5.93. The molecule has 2 aliphatic rings. The van der Waals surface area contributed by atoms with Crippen LogP contribution in [0.25, 0.3) is 0 Å². The molecule has 2 aliphatic heterocycles. The Labute approximate surface area is 246 Å². The molecule has 2 amide bonds. The molecule has 41 heavy (non-hydrogen) atoms. The van der Waals surface area contributed by atoms with Gasteiger partial charge in [0.15, 0.2) is 0 Å². The van der Waals surface area contributed by atoms with Crippen molar-refractivity contribution in [1.82, 2.24) is 20.4 Å². The number of piperidine rings is 1. The van der Waals surface area contributed by atoms with Gasteiger partial charge >= 0.3 is 0 Å². The highest BCUT2D eigenvalue weighted by Crippen LogP contribution is 2.25. The summed E-state index contributed by atoms with van der Waals surface area (Å²) in [5.41, 5.74) is 1.75. The third-order valence-corrected chi connectivity index (χ3v) is 8.55. The predicted octanol–water partition coefficient (Wildman–Crippen LogP) is 3.16. The monoisotopic (exact) mass is 572 g/mol. The Morgan fingerprint density at radius 1 is 1.12 bits per heavy atom. The molecule has 2 fully saturated rings. The van der Waals surface area contributed by atoms with Crippen LogP contribution in [0.1, 0.15) is 69.3 Å². The standard InChI is InChI=1S/C32H52N4O5/c1-6-26-8-9-27(17-31(26)41-15-7-14-40-5)32(39)36(23(2)3)22-29-20-33-18-28(29)19-34-21-30(38)16-25-10-12-35(13-11-25)24(4)37/h8-9,17,23,25,28-29,33-34H,6-7,10-16,18-22H2,1-5H3/t28-,29-/m0/s1. The second kappa shape index (κ2) is 16.8. The number of ketones is 1. The van der Waals surface area contributed by atoms with Gasteiger partial charge in [-0.05, 0) is 81.6 Å². The predicted molar refractivity (Wildman–Crippen MR) is 161 cm³/mol. The molecule has 1 aromatic rings. The molecule has 2 heterocycles. The molecule has 0 aliphatic carbocycles. The molecular weight excluding hydrogens is 520 g/mol. The van der Waals surface area contributed by atoms with Gasteiger partial charge in [-0.2, -0.15) is 0 Å². The van der Waals surface area contributed by atoms with Crippen LogP contribution in [0.5, 0.6) is 5.75 Å². The van der Waals surface area contributed by atoms with E-state index in [4.69, 9.17) is 9.47 Å². The van der Waals surface area contributed by atoms with Gasteiger partial charge in [-0.3, -0.25) is 14.4 Å². The van der Waals surface area contributed by atoms with Gasteiger partial charge in [-0.1, -0.05) is 13.0 Å². The highest BCUT2D eigenvalue weighted by atomic mass is 16.5. The van der Waals surface area contributed by atoms with Crippen molar-refractivity contribution in [3.63, 3.8) is 0 Å². The SMILES string of the molecule is CCc1ccc(C(=O)N(C[C@@H]2CNC[C@H]2CNCC(=O)CC2CCN(C(C)=O)CC2)C(C)C)cc1OCCCOC. The van der Waals surface area contributed by atoms with Crippen molar-refractivity contribution in [2.75, 3.05) is 66.1 Å². The Kier molecular flexibility index (Phi) is 13.6. The van der Waals surface area contributed by atoms with Crippen molar-refractivity contribution in [2.45, 2.75) is 65.8 Å². The summed E-state index contributed by atoms with van der Waals surface area (Å²) in [6.07, 6.45) is 4.02. The van der Waals surface area contributed by atoms with Gasteiger partial charge in [0.2, 0.25) is 5.91 Å². The molecular formula is C32H52N4O5. The Hall–Kier alpha value is -2.49. The third kappa shape index (κ3) is 10.1. The normalized spacial score (nSPS) is 19.5. The fourth-order valence-corrected chi connectivity index (χ4v) is 5.93. The molecule has 0 saturated carbocycles. The zero-order chi connectivity index (χ0) is 29.8. The van der Waals surface area contributed by atoms with Crippen LogP contribution in [0.4, 0.5) is 0 Å². The van der Waals surface area contributed by atoms with E-state index in [9.17, 15) is 14.4 Å². The minimum atomic E-state index is 0.0222. The fraction of sp³-hybridized carbons (Fsp3) is 0.719. The van der Waals surface area contributed by atoms with E-state index in [1.165, 1.54) is 0 Å². The first-order valence-corrected chi connectivity index (χ1v) is 15.5. The number of carbonyl (C=O) groups is 3. The second-order valence-corrected chi connectivity index (χ2v) is 11.9. The number of rotatable bonds is 16. The van der Waals surface area contributed by atoms with E-state index >= 15 is 0 Å². The maximum atomic E-state index is 13.7. The van der Waals surface area contributed by atoms with E-state index < -0.39 is 0 Å². The zero-order valence-corrected chi connectivity index (χ0v) is 25.9. The number of carbonyl (C=O) groups excluding carboxylic acids is 3. The largest absolute Gasteiger partial charge is 0.493 e. The number of methoxy groups -OCH3 is 1. The number of likely N-dealkylation sites (tertiary alicyclic amines) is 1. The number of Topliss-reactive ketones (excluding diaryl/α,β-unsaturated/α-hetero) is 1. The number of nitrogens with one attached hydrogen (secondary N) is 2. The van der Waals surface area contributed by atoms with Gasteiger partial charge in [-0.15, -0.1) is 0 Å². The minimum absolute atomic E-state index is 0.0222. The van der Waals surface area contributed by atoms with Crippen molar-refractivity contribution in [3.8, 4) is 5.75 Å². The van der Waals surface area contributed by atoms with E-state index in [0.29, 0.717) is 56.0 Å². The minimum Gasteiger partial charge on any atom is -0.493 e. The number of hydrogen-bond acceptors (Lipinski definition) is 7. The van der Waals surface area contributed by atoms with E-state index in [0.717, 1.165) is 69.7 Å². The second-order valence-electron chi connectivity index (χ2n) is 11.9. The molecule has 0 bridgehead atoms. The smallest absolute Gasteiger partial charge is 0.254 e. The van der Waals surface area contributed by atoms with Gasteiger partial charge in [-0.25, -0.2) is 0 Å². The molecule has 0 aromatic heterocycles. The van der Waals surface area contributed by atoms with Crippen LogP contribution in [-0.2, 0) is 20.7 Å². The van der Waals surface area contributed by atoms with Crippen LogP contribution in [0, 0.1) is 17.8 Å². The number of ether oxygens (including phenoxy) is 2. The van der Waals surface area contributed by atoms with Crippen LogP contribution in [0.15, 0.2) is 18.2 Å². The van der Waals surface area contributed by atoms with Gasteiger partial charge in [0.25, 0.3) is 5.91 Å². The summed E-state index contributed by atoms with van der Waals surface area (Å²) in [6, 6.07) is 5.88. The number of nitrogens with zero attached hydrogens (tertiary/aromatic N) is 2. The van der Waals surface area contributed by atoms with E-state index in [2.05, 4.69) is 31.4 Å². The lowest BCUT2D eigenvalue weighted by Gasteiger charge is -2.32. The quantitative estimate of drug-likeness (QED) is 0.294. The van der Waals surface area contributed by atoms with Crippen LogP contribution in [-0.4, -0.2) is 99.6 Å². The molecule has 9 nitrogen and oxygen atoms in total. The molecule has 0 spiro atoms. The molecule has 0 radical (unpaired) electrons. The number of amides is 2. The highest BCUT2D eigenvalue weighted by molar-refractivity contribution is 5.95. The van der Waals surface area contributed by atoms with E-state index in [-0.39, 0.29) is 23.6 Å². The summed E-state index contributed by atoms with van der Waals surface area (Å²) in [5, 5.41) is 6.90. The Balaban J connectivity index is 1.51. The van der Waals surface area contributed by atoms with Crippen LogP contribution >= 0.6 is 0 Å². The van der Waals surface area contributed by atoms with Crippen molar-refractivity contribution in [2.24, 2.45) is 17.8 Å². The zero-order valence-electron chi connectivity index (χ0n) is 25.9. The lowest BCUT2D eigenvalue weighted by atomic mass is 9.91. The van der Waals surface area contributed by atoms with Gasteiger partial charge < -0.3 is 29.9 Å². The summed E-state index contributed by atoms with van der Waals surface area (Å²) < 4.78 is 11.2. The first kappa shape index (κ1) is 33.0. The maximum absolute atomic E-state index is 13.7. The molecule has 1 aromatic carbocycles. The first-order valence-electron chi connectivity index (χ1n) is 15.5. The van der Waals surface area contributed by atoms with Gasteiger partial charge in [0.05, 0.1) is 13.2 Å². The van der Waals surface area contributed by atoms with Gasteiger partial charge in [0.1, 0.15) is 11.5 Å². The van der Waals surface area contributed by atoms with E-state index in [1.54, 1.807) is 14.0 Å². The van der Waals surface area contributed by atoms with Crippen LogP contribution < -0.4 is 15.4 Å². The summed E-state index contributed by atoms with van der Waals surface area (Å²) in [7, 11) is 1.68. The van der Waals surface area contributed by atoms with Crippen LogP contribution in [0.3, 0.4) is 0 Å². The summed E-state index contributed by atoms with van der Waals surface area (Å²) >= 11 is 0. The summed E-state index contributed by atoms with van der Waals surface area (Å²) in [4.78, 5) is 41.7.